The molecule has 146 valence electrons. The molecule has 1 heterocycles. The van der Waals surface area contributed by atoms with Gasteiger partial charge in [-0.3, -0.25) is 4.79 Å². The molecule has 0 saturated carbocycles. The van der Waals surface area contributed by atoms with Crippen LogP contribution in [0.1, 0.15) is 24.4 Å². The molecule has 5 nitrogen and oxygen atoms in total. The number of imidazole rings is 1. The summed E-state index contributed by atoms with van der Waals surface area (Å²) < 4.78 is 7.15. The Bertz CT molecular complexity index is 926. The number of nitrogens with zero attached hydrogens (tertiary/aromatic N) is 2. The number of hydrogen-bond donors (Lipinski definition) is 1. The Labute approximate surface area is 174 Å². The van der Waals surface area contributed by atoms with E-state index in [4.69, 9.17) is 16.3 Å². The van der Waals surface area contributed by atoms with Crippen LogP contribution in [0.3, 0.4) is 0 Å². The summed E-state index contributed by atoms with van der Waals surface area (Å²) in [5.74, 6) is 1.46. The van der Waals surface area contributed by atoms with Crippen molar-refractivity contribution in [3.8, 4) is 5.75 Å². The molecule has 3 aromatic rings. The van der Waals surface area contributed by atoms with Crippen LogP contribution >= 0.6 is 23.4 Å². The Morgan fingerprint density at radius 1 is 1.18 bits per heavy atom. The Hall–Kier alpha value is -2.44. The van der Waals surface area contributed by atoms with E-state index < -0.39 is 0 Å². The Kier molecular flexibility index (Phi) is 6.65. The molecule has 0 fully saturated rings. The van der Waals surface area contributed by atoms with E-state index in [1.807, 2.05) is 73.3 Å². The molecule has 0 aliphatic rings. The number of amides is 1. The number of hydrogen-bond acceptors (Lipinski definition) is 4. The molecule has 1 amide bonds. The lowest BCUT2D eigenvalue weighted by atomic mass is 10.1. The number of aryl methyl sites for hydroxylation is 1. The maximum absolute atomic E-state index is 12.9. The molecule has 2 atom stereocenters. The normalized spacial score (nSPS) is 13.0. The second-order valence-electron chi connectivity index (χ2n) is 6.33. The van der Waals surface area contributed by atoms with Gasteiger partial charge in [0.2, 0.25) is 5.91 Å². The van der Waals surface area contributed by atoms with Gasteiger partial charge < -0.3 is 14.6 Å². The maximum atomic E-state index is 12.9. The Morgan fingerprint density at radius 3 is 2.43 bits per heavy atom. The van der Waals surface area contributed by atoms with Gasteiger partial charge in [0.15, 0.2) is 0 Å². The third kappa shape index (κ3) is 4.88. The van der Waals surface area contributed by atoms with Crippen LogP contribution < -0.4 is 10.1 Å². The smallest absolute Gasteiger partial charge is 0.234 e. The fourth-order valence-corrected chi connectivity index (χ4v) is 3.78. The van der Waals surface area contributed by atoms with Gasteiger partial charge in [0.25, 0.3) is 0 Å². The fourth-order valence-electron chi connectivity index (χ4n) is 2.78. The average molecular weight is 416 g/mol. The highest BCUT2D eigenvalue weighted by atomic mass is 35.5. The highest BCUT2D eigenvalue weighted by Gasteiger charge is 2.24. The summed E-state index contributed by atoms with van der Waals surface area (Å²) >= 11 is 7.42. The predicted octanol–water partition coefficient (Wildman–Crippen LogP) is 4.47. The van der Waals surface area contributed by atoms with Crippen LogP contribution in [0.15, 0.2) is 65.8 Å². The van der Waals surface area contributed by atoms with E-state index in [0.717, 1.165) is 22.0 Å². The number of nitrogens with one attached hydrogen (secondary N) is 1. The largest absolute Gasteiger partial charge is 0.497 e. The van der Waals surface area contributed by atoms with E-state index in [1.165, 1.54) is 11.8 Å². The number of carbonyl (C=O) groups excluding carboxylic acids is 1. The van der Waals surface area contributed by atoms with Crippen molar-refractivity contribution < 1.29 is 9.53 Å². The molecule has 1 aromatic heterocycles. The molecule has 2 aromatic carbocycles. The maximum Gasteiger partial charge on any atom is 0.234 e. The second kappa shape index (κ2) is 9.17. The van der Waals surface area contributed by atoms with E-state index in [9.17, 15) is 4.79 Å². The van der Waals surface area contributed by atoms with E-state index >= 15 is 0 Å². The van der Waals surface area contributed by atoms with Crippen molar-refractivity contribution in [3.05, 3.63) is 77.3 Å². The summed E-state index contributed by atoms with van der Waals surface area (Å²) in [5.41, 5.74) is 0.937. The SMILES string of the molecule is COc1ccc(C(NC(=O)C(C)Sc2ccc(Cl)cc2)c2nccn2C)cc1. The van der Waals surface area contributed by atoms with Crippen LogP contribution in [-0.2, 0) is 11.8 Å². The number of ether oxygens (including phenoxy) is 1. The van der Waals surface area contributed by atoms with E-state index in [-0.39, 0.29) is 17.2 Å². The molecule has 0 aliphatic heterocycles. The summed E-state index contributed by atoms with van der Waals surface area (Å²) in [7, 11) is 3.54. The molecule has 2 unspecified atom stereocenters. The highest BCUT2D eigenvalue weighted by Crippen LogP contribution is 2.27. The summed E-state index contributed by atoms with van der Waals surface area (Å²) in [6.07, 6.45) is 3.59. The molecular formula is C21H22ClN3O2S. The van der Waals surface area contributed by atoms with Gasteiger partial charge in [0.05, 0.1) is 12.4 Å². The van der Waals surface area contributed by atoms with Crippen molar-refractivity contribution in [2.45, 2.75) is 23.1 Å². The van der Waals surface area contributed by atoms with Crippen LogP contribution in [0.5, 0.6) is 5.75 Å². The molecule has 0 bridgehead atoms. The lowest BCUT2D eigenvalue weighted by Crippen LogP contribution is -2.36. The van der Waals surface area contributed by atoms with Crippen molar-refractivity contribution in [3.63, 3.8) is 0 Å². The number of aromatic nitrogens is 2. The first-order chi connectivity index (χ1) is 13.5. The summed E-state index contributed by atoms with van der Waals surface area (Å²) in [4.78, 5) is 18.3. The van der Waals surface area contributed by atoms with Crippen LogP contribution in [0.4, 0.5) is 0 Å². The third-order valence-electron chi connectivity index (χ3n) is 4.35. The number of rotatable bonds is 7. The first-order valence-electron chi connectivity index (χ1n) is 8.81. The number of benzene rings is 2. The molecule has 1 N–H and O–H groups in total. The van der Waals surface area contributed by atoms with E-state index in [1.54, 1.807) is 13.3 Å². The predicted molar refractivity (Wildman–Crippen MR) is 113 cm³/mol. The molecular weight excluding hydrogens is 394 g/mol. The molecule has 3 rings (SSSR count). The summed E-state index contributed by atoms with van der Waals surface area (Å²) in [6, 6.07) is 14.8. The first-order valence-corrected chi connectivity index (χ1v) is 10.1. The monoisotopic (exact) mass is 415 g/mol. The van der Waals surface area contributed by atoms with Gasteiger partial charge in [0, 0.05) is 29.4 Å². The molecule has 0 aliphatic carbocycles. The lowest BCUT2D eigenvalue weighted by Gasteiger charge is -2.21. The van der Waals surface area contributed by atoms with E-state index in [2.05, 4.69) is 10.3 Å². The van der Waals surface area contributed by atoms with Gasteiger partial charge in [-0.15, -0.1) is 11.8 Å². The Morgan fingerprint density at radius 2 is 1.86 bits per heavy atom. The van der Waals surface area contributed by atoms with Crippen LogP contribution in [0.2, 0.25) is 5.02 Å². The zero-order valence-corrected chi connectivity index (χ0v) is 17.5. The highest BCUT2D eigenvalue weighted by molar-refractivity contribution is 8.00. The second-order valence-corrected chi connectivity index (χ2v) is 8.18. The quantitative estimate of drug-likeness (QED) is 0.578. The van der Waals surface area contributed by atoms with E-state index in [0.29, 0.717) is 5.02 Å². The van der Waals surface area contributed by atoms with Gasteiger partial charge in [-0.1, -0.05) is 23.7 Å². The van der Waals surface area contributed by atoms with Gasteiger partial charge >= 0.3 is 0 Å². The van der Waals surface area contributed by atoms with Crippen LogP contribution in [0, 0.1) is 0 Å². The molecule has 0 spiro atoms. The number of halogens is 1. The van der Waals surface area contributed by atoms with Crippen molar-refractivity contribution in [2.24, 2.45) is 7.05 Å². The third-order valence-corrected chi connectivity index (χ3v) is 5.71. The number of thioether (sulfide) groups is 1. The number of methoxy groups -OCH3 is 1. The van der Waals surface area contributed by atoms with Crippen molar-refractivity contribution in [2.75, 3.05) is 7.11 Å². The minimum atomic E-state index is -0.355. The van der Waals surface area contributed by atoms with Gasteiger partial charge in [-0.2, -0.15) is 0 Å². The van der Waals surface area contributed by atoms with Crippen LogP contribution in [0.25, 0.3) is 0 Å². The topological polar surface area (TPSA) is 56.1 Å². The van der Waals surface area contributed by atoms with Crippen LogP contribution in [-0.4, -0.2) is 27.8 Å². The Balaban J connectivity index is 1.79. The van der Waals surface area contributed by atoms with Crippen molar-refractivity contribution >= 4 is 29.3 Å². The zero-order chi connectivity index (χ0) is 20.1. The van der Waals surface area contributed by atoms with Gasteiger partial charge in [-0.25, -0.2) is 4.98 Å². The molecule has 7 heteroatoms. The molecule has 0 saturated heterocycles. The molecule has 0 radical (unpaired) electrons. The fraction of sp³-hybridized carbons (Fsp3) is 0.238. The van der Waals surface area contributed by atoms with Crippen molar-refractivity contribution in [1.29, 1.82) is 0 Å². The zero-order valence-electron chi connectivity index (χ0n) is 15.9. The average Bonchev–Trinajstić information content (AvgIpc) is 3.13. The van der Waals surface area contributed by atoms with Gasteiger partial charge in [-0.05, 0) is 48.9 Å². The lowest BCUT2D eigenvalue weighted by molar-refractivity contribution is -0.120. The molecule has 28 heavy (non-hydrogen) atoms. The number of carbonyl (C=O) groups is 1. The summed E-state index contributed by atoms with van der Waals surface area (Å²) in [5, 5.41) is 3.54. The summed E-state index contributed by atoms with van der Waals surface area (Å²) in [6.45, 7) is 1.89. The minimum absolute atomic E-state index is 0.0660. The first kappa shape index (κ1) is 20.3. The minimum Gasteiger partial charge on any atom is -0.497 e. The van der Waals surface area contributed by atoms with Crippen molar-refractivity contribution in [1.82, 2.24) is 14.9 Å². The standard InChI is InChI=1S/C21H22ClN3O2S/c1-14(28-18-10-6-16(22)7-11-18)21(26)24-19(20-23-12-13-25(20)2)15-4-8-17(27-3)9-5-15/h4-14,19H,1-3H3,(H,24,26). The van der Waals surface area contributed by atoms with Gasteiger partial charge in [0.1, 0.15) is 17.6 Å².